The molecule has 0 bridgehead atoms. The summed E-state index contributed by atoms with van der Waals surface area (Å²) >= 11 is 1.17. The summed E-state index contributed by atoms with van der Waals surface area (Å²) in [5.74, 6) is -0.527. The lowest BCUT2D eigenvalue weighted by atomic mass is 10.1. The summed E-state index contributed by atoms with van der Waals surface area (Å²) in [6.45, 7) is 0. The average Bonchev–Trinajstić information content (AvgIpc) is 3.21. The Morgan fingerprint density at radius 1 is 1.10 bits per heavy atom. The largest absolute Gasteiger partial charge is 0.494 e. The molecule has 0 amide bonds. The van der Waals surface area contributed by atoms with Gasteiger partial charge in [-0.3, -0.25) is 4.79 Å². The Balaban J connectivity index is 2.00. The van der Waals surface area contributed by atoms with Crippen molar-refractivity contribution in [2.75, 3.05) is 0 Å². The third kappa shape index (κ3) is 3.49. The molecule has 2 heterocycles. The van der Waals surface area contributed by atoms with E-state index in [1.165, 1.54) is 41.3 Å². The van der Waals surface area contributed by atoms with Crippen LogP contribution in [0.2, 0.25) is 0 Å². The lowest BCUT2D eigenvalue weighted by molar-refractivity contribution is -0.137. The van der Waals surface area contributed by atoms with Crippen LogP contribution in [0.4, 0.5) is 18.3 Å². The molecule has 4 rings (SSSR count). The number of hydrogen-bond donors (Lipinski definition) is 1. The summed E-state index contributed by atoms with van der Waals surface area (Å²) in [5, 5.41) is 19.2. The fourth-order valence-corrected chi connectivity index (χ4v) is 3.29. The highest BCUT2D eigenvalue weighted by atomic mass is 32.1. The van der Waals surface area contributed by atoms with Gasteiger partial charge in [-0.1, -0.05) is 35.6 Å². The predicted octanol–water partition coefficient (Wildman–Crippen LogP) is 4.32. The number of benzene rings is 2. The highest BCUT2D eigenvalue weighted by molar-refractivity contribution is 7.13. The minimum atomic E-state index is -4.59. The molecule has 4 aromatic rings. The maximum atomic E-state index is 13.1. The molecule has 0 spiro atoms. The monoisotopic (exact) mass is 416 g/mol. The number of aliphatic imine (C=N–C) groups is 1. The normalized spacial score (nSPS) is 12.1. The first-order valence-corrected chi connectivity index (χ1v) is 9.09. The van der Waals surface area contributed by atoms with Crippen LogP contribution in [0.3, 0.4) is 0 Å². The second-order valence-corrected chi connectivity index (χ2v) is 6.76. The van der Waals surface area contributed by atoms with Crippen molar-refractivity contribution in [3.05, 3.63) is 75.5 Å². The topological polar surface area (TPSA) is 80.4 Å². The summed E-state index contributed by atoms with van der Waals surface area (Å²) < 4.78 is 40.2. The van der Waals surface area contributed by atoms with Crippen LogP contribution < -0.4 is 5.56 Å². The molecule has 29 heavy (non-hydrogen) atoms. The maximum Gasteiger partial charge on any atom is 0.416 e. The van der Waals surface area contributed by atoms with E-state index in [2.05, 4.69) is 15.2 Å². The number of aromatic nitrogens is 3. The Kier molecular flexibility index (Phi) is 4.63. The van der Waals surface area contributed by atoms with Crippen molar-refractivity contribution in [2.45, 2.75) is 6.18 Å². The van der Waals surface area contributed by atoms with Gasteiger partial charge in [0.1, 0.15) is 5.51 Å². The zero-order valence-electron chi connectivity index (χ0n) is 14.5. The third-order valence-electron chi connectivity index (χ3n) is 4.19. The van der Waals surface area contributed by atoms with Gasteiger partial charge in [-0.15, -0.1) is 10.2 Å². The second-order valence-electron chi connectivity index (χ2n) is 5.95. The van der Waals surface area contributed by atoms with E-state index in [1.54, 1.807) is 18.2 Å². The molecule has 0 unspecified atom stereocenters. The fourth-order valence-electron chi connectivity index (χ4n) is 2.89. The van der Waals surface area contributed by atoms with Gasteiger partial charge in [0.25, 0.3) is 5.56 Å². The van der Waals surface area contributed by atoms with Crippen LogP contribution in [0.5, 0.6) is 5.88 Å². The van der Waals surface area contributed by atoms with Crippen molar-refractivity contribution < 1.29 is 18.3 Å². The van der Waals surface area contributed by atoms with Crippen molar-refractivity contribution in [2.24, 2.45) is 4.99 Å². The second kappa shape index (κ2) is 7.13. The van der Waals surface area contributed by atoms with E-state index in [4.69, 9.17) is 0 Å². The van der Waals surface area contributed by atoms with E-state index in [0.717, 1.165) is 16.7 Å². The molecule has 0 saturated carbocycles. The molecule has 0 saturated heterocycles. The van der Waals surface area contributed by atoms with Gasteiger partial charge < -0.3 is 5.11 Å². The number of aromatic hydroxyl groups is 1. The molecular weight excluding hydrogens is 405 g/mol. The highest BCUT2D eigenvalue weighted by Crippen LogP contribution is 2.32. The van der Waals surface area contributed by atoms with Gasteiger partial charge >= 0.3 is 6.18 Å². The summed E-state index contributed by atoms with van der Waals surface area (Å²) in [6.07, 6.45) is -3.28. The van der Waals surface area contributed by atoms with Gasteiger partial charge in [-0.05, 0) is 24.3 Å². The first-order valence-electron chi connectivity index (χ1n) is 8.21. The minimum absolute atomic E-state index is 0.112. The first-order chi connectivity index (χ1) is 13.9. The van der Waals surface area contributed by atoms with Crippen LogP contribution in [0.1, 0.15) is 11.1 Å². The van der Waals surface area contributed by atoms with Crippen molar-refractivity contribution in [3.8, 4) is 11.6 Å². The van der Waals surface area contributed by atoms with Gasteiger partial charge in [-0.2, -0.15) is 13.2 Å². The van der Waals surface area contributed by atoms with Crippen molar-refractivity contribution in [1.82, 2.24) is 14.8 Å². The molecule has 0 atom stereocenters. The van der Waals surface area contributed by atoms with E-state index in [-0.39, 0.29) is 16.6 Å². The average molecular weight is 416 g/mol. The Morgan fingerprint density at radius 2 is 1.86 bits per heavy atom. The molecule has 0 fully saturated rings. The Hall–Kier alpha value is -3.53. The molecule has 146 valence electrons. The number of alkyl halides is 3. The molecule has 6 nitrogen and oxygen atoms in total. The molecule has 0 aliphatic carbocycles. The summed E-state index contributed by atoms with van der Waals surface area (Å²) in [6, 6.07) is 10.6. The van der Waals surface area contributed by atoms with Gasteiger partial charge in [0.15, 0.2) is 0 Å². The predicted molar refractivity (Wildman–Crippen MR) is 103 cm³/mol. The third-order valence-corrected chi connectivity index (χ3v) is 4.79. The standard InChI is InChI=1S/C19H11F3N4O2S/c20-19(21,22)11-4-3-5-12(8-11)26-16(27)14-7-2-1-6-13(14)15(17(26)28)9-23-18-25-24-10-29-18/h1-10,28H. The zero-order chi connectivity index (χ0) is 20.6. The summed E-state index contributed by atoms with van der Waals surface area (Å²) in [7, 11) is 0. The molecular formula is C19H11F3N4O2S. The highest BCUT2D eigenvalue weighted by Gasteiger charge is 2.31. The first kappa shape index (κ1) is 18.8. The lowest BCUT2D eigenvalue weighted by Crippen LogP contribution is -2.20. The van der Waals surface area contributed by atoms with Crippen molar-refractivity contribution in [1.29, 1.82) is 0 Å². The molecule has 10 heteroatoms. The number of rotatable bonds is 3. The van der Waals surface area contributed by atoms with Crippen LogP contribution in [0, 0.1) is 0 Å². The SMILES string of the molecule is O=c1c2ccccc2c(C=Nc2nncs2)c(O)n1-c1cccc(C(F)(F)F)c1. The van der Waals surface area contributed by atoms with Gasteiger partial charge in [0, 0.05) is 17.0 Å². The maximum absolute atomic E-state index is 13.1. The number of pyridine rings is 1. The van der Waals surface area contributed by atoms with Gasteiger partial charge in [0.05, 0.1) is 16.8 Å². The van der Waals surface area contributed by atoms with Crippen LogP contribution in [-0.2, 0) is 6.18 Å². The van der Waals surface area contributed by atoms with E-state index in [9.17, 15) is 23.1 Å². The summed E-state index contributed by atoms with van der Waals surface area (Å²) in [4.78, 5) is 17.1. The number of fused-ring (bicyclic) bond motifs is 1. The number of hydrogen-bond acceptors (Lipinski definition) is 6. The van der Waals surface area contributed by atoms with E-state index < -0.39 is 23.2 Å². The van der Waals surface area contributed by atoms with Gasteiger partial charge in [-0.25, -0.2) is 9.56 Å². The van der Waals surface area contributed by atoms with E-state index >= 15 is 0 Å². The van der Waals surface area contributed by atoms with Crippen LogP contribution >= 0.6 is 11.3 Å². The Bertz CT molecular complexity index is 1280. The number of nitrogens with zero attached hydrogens (tertiary/aromatic N) is 4. The lowest BCUT2D eigenvalue weighted by Gasteiger charge is -2.15. The fraction of sp³-hybridized carbons (Fsp3) is 0.0526. The Morgan fingerprint density at radius 3 is 2.55 bits per heavy atom. The van der Waals surface area contributed by atoms with Crippen molar-refractivity contribution >= 4 is 33.5 Å². The number of halogens is 3. The van der Waals surface area contributed by atoms with Gasteiger partial charge in [0.2, 0.25) is 11.0 Å². The molecule has 1 N–H and O–H groups in total. The smallest absolute Gasteiger partial charge is 0.416 e. The van der Waals surface area contributed by atoms with Crippen LogP contribution in [0.15, 0.2) is 63.8 Å². The quantitative estimate of drug-likeness (QED) is 0.505. The van der Waals surface area contributed by atoms with E-state index in [0.29, 0.717) is 10.5 Å². The minimum Gasteiger partial charge on any atom is -0.494 e. The Labute approximate surface area is 165 Å². The van der Waals surface area contributed by atoms with Crippen LogP contribution in [0.25, 0.3) is 16.5 Å². The molecule has 2 aromatic heterocycles. The summed E-state index contributed by atoms with van der Waals surface area (Å²) in [5.41, 5.74) is -0.0377. The van der Waals surface area contributed by atoms with Crippen molar-refractivity contribution in [3.63, 3.8) is 0 Å². The van der Waals surface area contributed by atoms with Crippen LogP contribution in [-0.4, -0.2) is 26.1 Å². The molecule has 0 aliphatic heterocycles. The molecule has 0 radical (unpaired) electrons. The van der Waals surface area contributed by atoms with E-state index in [1.807, 2.05) is 0 Å². The zero-order valence-corrected chi connectivity index (χ0v) is 15.3. The molecule has 2 aromatic carbocycles. The molecule has 0 aliphatic rings.